The highest BCUT2D eigenvalue weighted by atomic mass is 35.5. The average molecular weight is 390 g/mol. The van der Waals surface area contributed by atoms with Crippen molar-refractivity contribution in [2.45, 2.75) is 39.3 Å². The Bertz CT molecular complexity index is 779. The summed E-state index contributed by atoms with van der Waals surface area (Å²) < 4.78 is 11.1. The van der Waals surface area contributed by atoms with Crippen molar-refractivity contribution in [3.05, 3.63) is 64.7 Å². The lowest BCUT2D eigenvalue weighted by molar-refractivity contribution is -0.131. The highest BCUT2D eigenvalue weighted by Crippen LogP contribution is 2.15. The quantitative estimate of drug-likeness (QED) is 0.753. The Hall–Kier alpha value is -2.53. The molecule has 1 atom stereocenters. The Kier molecular flexibility index (Phi) is 6.86. The molecule has 1 amide bonds. The average Bonchev–Trinajstić information content (AvgIpc) is 2.59. The molecule has 1 unspecified atom stereocenters. The number of esters is 1. The molecule has 144 valence electrons. The molecule has 0 aliphatic carbocycles. The minimum absolute atomic E-state index is 0.211. The molecule has 0 fully saturated rings. The van der Waals surface area contributed by atoms with Crippen molar-refractivity contribution in [2.75, 3.05) is 6.61 Å². The molecule has 0 bridgehead atoms. The molecule has 2 aromatic carbocycles. The largest absolute Gasteiger partial charge is 0.477 e. The van der Waals surface area contributed by atoms with E-state index < -0.39 is 17.6 Å². The zero-order chi connectivity index (χ0) is 20.0. The van der Waals surface area contributed by atoms with Gasteiger partial charge >= 0.3 is 5.97 Å². The predicted molar refractivity (Wildman–Crippen MR) is 105 cm³/mol. The number of hydrogen-bond acceptors (Lipinski definition) is 4. The summed E-state index contributed by atoms with van der Waals surface area (Å²) in [7, 11) is 0. The molecule has 5 nitrogen and oxygen atoms in total. The first-order valence-corrected chi connectivity index (χ1v) is 9.00. The van der Waals surface area contributed by atoms with Crippen LogP contribution in [0.4, 0.5) is 0 Å². The van der Waals surface area contributed by atoms with Crippen LogP contribution in [0.5, 0.6) is 5.75 Å². The van der Waals surface area contributed by atoms with E-state index >= 15 is 0 Å². The number of aryl methyl sites for hydroxylation is 1. The third kappa shape index (κ3) is 6.94. The van der Waals surface area contributed by atoms with Crippen LogP contribution in [0.3, 0.4) is 0 Å². The van der Waals surface area contributed by atoms with Gasteiger partial charge in [0.2, 0.25) is 6.10 Å². The molecule has 2 rings (SSSR count). The highest BCUT2D eigenvalue weighted by molar-refractivity contribution is 6.30. The van der Waals surface area contributed by atoms with E-state index in [1.807, 2.05) is 39.8 Å². The Morgan fingerprint density at radius 3 is 2.19 bits per heavy atom. The second-order valence-corrected chi connectivity index (χ2v) is 7.70. The lowest BCUT2D eigenvalue weighted by Crippen LogP contribution is -2.49. The number of hydrogen-bond donors (Lipinski definition) is 1. The Morgan fingerprint density at radius 2 is 1.63 bits per heavy atom. The van der Waals surface area contributed by atoms with Crippen molar-refractivity contribution in [3.63, 3.8) is 0 Å². The maximum atomic E-state index is 12.6. The van der Waals surface area contributed by atoms with E-state index in [0.29, 0.717) is 16.3 Å². The van der Waals surface area contributed by atoms with Crippen molar-refractivity contribution in [2.24, 2.45) is 0 Å². The van der Waals surface area contributed by atoms with Gasteiger partial charge in [0.1, 0.15) is 12.4 Å². The standard InChI is InChI=1S/C21H24ClNO4/c1-14-5-11-17(12-6-14)27-18(19(24)23-21(2,3)4)13-26-20(25)15-7-9-16(22)10-8-15/h5-12,18H,13H2,1-4H3,(H,23,24). The number of carbonyl (C=O) groups is 2. The van der Waals surface area contributed by atoms with E-state index in [9.17, 15) is 9.59 Å². The van der Waals surface area contributed by atoms with Gasteiger partial charge in [0.05, 0.1) is 5.56 Å². The monoisotopic (exact) mass is 389 g/mol. The summed E-state index contributed by atoms with van der Waals surface area (Å²) in [5.74, 6) is -0.378. The van der Waals surface area contributed by atoms with Gasteiger partial charge in [0.15, 0.2) is 0 Å². The minimum Gasteiger partial charge on any atom is -0.477 e. The number of nitrogens with one attached hydrogen (secondary N) is 1. The summed E-state index contributed by atoms with van der Waals surface area (Å²) in [5.41, 5.74) is 0.989. The van der Waals surface area contributed by atoms with Crippen molar-refractivity contribution in [1.82, 2.24) is 5.32 Å². The van der Waals surface area contributed by atoms with Crippen LogP contribution < -0.4 is 10.1 Å². The topological polar surface area (TPSA) is 64.6 Å². The minimum atomic E-state index is -0.969. The van der Waals surface area contributed by atoms with Crippen molar-refractivity contribution in [1.29, 1.82) is 0 Å². The molecule has 0 saturated heterocycles. The second-order valence-electron chi connectivity index (χ2n) is 7.26. The van der Waals surface area contributed by atoms with Gasteiger partial charge in [-0.25, -0.2) is 4.79 Å². The molecule has 0 heterocycles. The first kappa shape index (κ1) is 20.8. The SMILES string of the molecule is Cc1ccc(OC(COC(=O)c2ccc(Cl)cc2)C(=O)NC(C)(C)C)cc1. The van der Waals surface area contributed by atoms with Gasteiger partial charge in [0.25, 0.3) is 5.91 Å². The van der Waals surface area contributed by atoms with Crippen LogP contribution in [-0.2, 0) is 9.53 Å². The fourth-order valence-electron chi connectivity index (χ4n) is 2.22. The smallest absolute Gasteiger partial charge is 0.338 e. The van der Waals surface area contributed by atoms with Gasteiger partial charge in [-0.3, -0.25) is 4.79 Å². The third-order valence-electron chi connectivity index (χ3n) is 3.54. The molecule has 1 N–H and O–H groups in total. The van der Waals surface area contributed by atoms with Crippen LogP contribution in [-0.4, -0.2) is 30.1 Å². The Labute approximate surface area is 164 Å². The van der Waals surface area contributed by atoms with Crippen LogP contribution in [0.15, 0.2) is 48.5 Å². The fraction of sp³-hybridized carbons (Fsp3) is 0.333. The maximum Gasteiger partial charge on any atom is 0.338 e. The second kappa shape index (κ2) is 8.91. The lowest BCUT2D eigenvalue weighted by Gasteiger charge is -2.25. The molecule has 2 aromatic rings. The number of amides is 1. The summed E-state index contributed by atoms with van der Waals surface area (Å²) in [5, 5.41) is 3.37. The lowest BCUT2D eigenvalue weighted by atomic mass is 10.1. The van der Waals surface area contributed by atoms with E-state index in [0.717, 1.165) is 5.56 Å². The highest BCUT2D eigenvalue weighted by Gasteiger charge is 2.26. The molecular weight excluding hydrogens is 366 g/mol. The number of rotatable bonds is 6. The molecule has 0 saturated carbocycles. The Morgan fingerprint density at radius 1 is 1.04 bits per heavy atom. The summed E-state index contributed by atoms with van der Waals surface area (Å²) in [6.07, 6.45) is -0.969. The molecule has 0 spiro atoms. The first-order valence-electron chi connectivity index (χ1n) is 8.62. The molecule has 0 aliphatic rings. The van der Waals surface area contributed by atoms with E-state index in [1.165, 1.54) is 0 Å². The molecule has 27 heavy (non-hydrogen) atoms. The molecule has 0 radical (unpaired) electrons. The van der Waals surface area contributed by atoms with E-state index in [1.54, 1.807) is 36.4 Å². The third-order valence-corrected chi connectivity index (χ3v) is 3.79. The van der Waals surface area contributed by atoms with Crippen LogP contribution >= 0.6 is 11.6 Å². The van der Waals surface area contributed by atoms with Crippen molar-refractivity contribution >= 4 is 23.5 Å². The van der Waals surface area contributed by atoms with E-state index in [4.69, 9.17) is 21.1 Å². The predicted octanol–water partition coefficient (Wildman–Crippen LogP) is 4.17. The number of benzene rings is 2. The first-order chi connectivity index (χ1) is 12.6. The summed E-state index contributed by atoms with van der Waals surface area (Å²) in [6.45, 7) is 7.35. The van der Waals surface area contributed by atoms with Crippen LogP contribution in [0.1, 0.15) is 36.7 Å². The summed E-state index contributed by atoms with van der Waals surface area (Å²) in [4.78, 5) is 24.8. The fourth-order valence-corrected chi connectivity index (χ4v) is 2.34. The van der Waals surface area contributed by atoms with Crippen LogP contribution in [0.25, 0.3) is 0 Å². The van der Waals surface area contributed by atoms with Gasteiger partial charge in [0, 0.05) is 10.6 Å². The van der Waals surface area contributed by atoms with Gasteiger partial charge < -0.3 is 14.8 Å². The van der Waals surface area contributed by atoms with Crippen molar-refractivity contribution < 1.29 is 19.1 Å². The molecule has 0 aromatic heterocycles. The maximum absolute atomic E-state index is 12.6. The van der Waals surface area contributed by atoms with Gasteiger partial charge in [-0.15, -0.1) is 0 Å². The van der Waals surface area contributed by atoms with Crippen LogP contribution in [0, 0.1) is 6.92 Å². The van der Waals surface area contributed by atoms with Crippen LogP contribution in [0.2, 0.25) is 5.02 Å². The van der Waals surface area contributed by atoms with E-state index in [2.05, 4.69) is 5.32 Å². The van der Waals surface area contributed by atoms with Gasteiger partial charge in [-0.1, -0.05) is 29.3 Å². The van der Waals surface area contributed by atoms with Crippen molar-refractivity contribution in [3.8, 4) is 5.75 Å². The van der Waals surface area contributed by atoms with E-state index in [-0.39, 0.29) is 12.5 Å². The molecular formula is C21H24ClNO4. The summed E-state index contributed by atoms with van der Waals surface area (Å²) >= 11 is 5.82. The number of carbonyl (C=O) groups excluding carboxylic acids is 2. The number of ether oxygens (including phenoxy) is 2. The van der Waals surface area contributed by atoms with Gasteiger partial charge in [-0.05, 0) is 64.1 Å². The molecule has 6 heteroatoms. The Balaban J connectivity index is 2.08. The summed E-state index contributed by atoms with van der Waals surface area (Å²) in [6, 6.07) is 13.6. The zero-order valence-corrected chi connectivity index (χ0v) is 16.7. The number of halogens is 1. The van der Waals surface area contributed by atoms with Gasteiger partial charge in [-0.2, -0.15) is 0 Å². The normalized spacial score (nSPS) is 12.2. The zero-order valence-electron chi connectivity index (χ0n) is 15.9. The molecule has 0 aliphatic heterocycles.